The molecular weight excluding hydrogens is 853 g/mol. The van der Waals surface area contributed by atoms with E-state index in [1.807, 2.05) is 0 Å². The van der Waals surface area contributed by atoms with E-state index in [0.29, 0.717) is 20.5 Å². The third-order valence-electron chi connectivity index (χ3n) is 8.13. The summed E-state index contributed by atoms with van der Waals surface area (Å²) in [6.07, 6.45) is 2.81. The van der Waals surface area contributed by atoms with Gasteiger partial charge in [-0.05, 0) is 50.2 Å². The van der Waals surface area contributed by atoms with Crippen LogP contribution in [0, 0.1) is 25.5 Å². The number of benzene rings is 2. The highest BCUT2D eigenvalue weighted by atomic mass is 35.5. The second kappa shape index (κ2) is 19.6. The number of nitrogens with one attached hydrogen (secondary N) is 1. The number of aromatic nitrogens is 6. The van der Waals surface area contributed by atoms with E-state index in [1.54, 1.807) is 13.0 Å². The Balaban J connectivity index is 0.000000231. The first-order valence-electron chi connectivity index (χ1n) is 17.3. The first kappa shape index (κ1) is 44.8. The third-order valence-corrected chi connectivity index (χ3v) is 8.72. The molecule has 0 amide bonds. The van der Waals surface area contributed by atoms with Gasteiger partial charge in [-0.15, -0.1) is 0 Å². The molecule has 0 aliphatic carbocycles. The second-order valence-electron chi connectivity index (χ2n) is 12.2. The van der Waals surface area contributed by atoms with Crippen LogP contribution < -0.4 is 41.4 Å². The molecule has 22 heteroatoms. The minimum absolute atomic E-state index is 0.0433. The summed E-state index contributed by atoms with van der Waals surface area (Å²) in [6, 6.07) is 12.4. The minimum atomic E-state index is -0.905. The number of pyridine rings is 2. The molecule has 6 aromatic rings. The molecule has 0 saturated carbocycles. The van der Waals surface area contributed by atoms with Crippen LogP contribution in [-0.4, -0.2) is 68.0 Å². The van der Waals surface area contributed by atoms with Crippen molar-refractivity contribution in [2.24, 2.45) is 7.05 Å². The van der Waals surface area contributed by atoms with E-state index in [4.69, 9.17) is 42.1 Å². The fourth-order valence-electron chi connectivity index (χ4n) is 5.07. The highest BCUT2D eigenvalue weighted by Crippen LogP contribution is 2.37. The van der Waals surface area contributed by atoms with Gasteiger partial charge in [-0.1, -0.05) is 23.2 Å². The van der Waals surface area contributed by atoms with Crippen molar-refractivity contribution in [3.63, 3.8) is 0 Å². The van der Waals surface area contributed by atoms with Crippen LogP contribution in [0.25, 0.3) is 11.4 Å². The number of hydrogen-bond donors (Lipinski definition) is 1. The Kier molecular flexibility index (Phi) is 14.4. The van der Waals surface area contributed by atoms with Crippen LogP contribution in [0.5, 0.6) is 34.8 Å². The highest BCUT2D eigenvalue weighted by Gasteiger charge is 2.20. The van der Waals surface area contributed by atoms with Crippen molar-refractivity contribution in [2.45, 2.75) is 13.8 Å². The molecule has 0 aliphatic heterocycles. The summed E-state index contributed by atoms with van der Waals surface area (Å²) < 4.78 is 62.5. The molecule has 6 rings (SSSR count). The van der Waals surface area contributed by atoms with Crippen molar-refractivity contribution in [2.75, 3.05) is 27.4 Å². The van der Waals surface area contributed by atoms with Gasteiger partial charge in [-0.2, -0.15) is 0 Å². The first-order valence-corrected chi connectivity index (χ1v) is 18.0. The molecule has 0 aliphatic rings. The molecule has 0 atom stereocenters. The topological polar surface area (TPSA) is 214 Å². The fraction of sp³-hybridized carbons (Fsp3) is 0.179. The van der Waals surface area contributed by atoms with E-state index < -0.39 is 59.3 Å². The summed E-state index contributed by atoms with van der Waals surface area (Å²) in [7, 11) is 3.87. The predicted molar refractivity (Wildman–Crippen MR) is 213 cm³/mol. The van der Waals surface area contributed by atoms with Crippen LogP contribution in [-0.2, 0) is 26.1 Å². The van der Waals surface area contributed by atoms with Gasteiger partial charge in [-0.3, -0.25) is 9.59 Å². The van der Waals surface area contributed by atoms with Gasteiger partial charge in [0.25, 0.3) is 22.9 Å². The van der Waals surface area contributed by atoms with Crippen molar-refractivity contribution in [1.82, 2.24) is 28.7 Å². The first-order chi connectivity index (χ1) is 29.0. The van der Waals surface area contributed by atoms with Gasteiger partial charge in [0, 0.05) is 55.1 Å². The number of ether oxygens (including phenoxy) is 6. The monoisotopic (exact) mass is 884 g/mol. The lowest BCUT2D eigenvalue weighted by Gasteiger charge is -2.14. The van der Waals surface area contributed by atoms with E-state index in [2.05, 4.69) is 24.4 Å². The number of carbonyl (C=O) groups excluding carboxylic acids is 2. The number of esters is 2. The summed E-state index contributed by atoms with van der Waals surface area (Å²) in [5, 5.41) is -0.253. The normalized spacial score (nSPS) is 10.6. The summed E-state index contributed by atoms with van der Waals surface area (Å²) >= 11 is 12.2. The average molecular weight is 886 g/mol. The molecule has 18 nitrogen and oxygen atoms in total. The Morgan fingerprint density at radius 3 is 1.61 bits per heavy atom. The Bertz CT molecular complexity index is 2850. The largest absolute Gasteiger partial charge is 0.466 e. The van der Waals surface area contributed by atoms with Gasteiger partial charge in [0.1, 0.15) is 23.1 Å². The summed E-state index contributed by atoms with van der Waals surface area (Å²) in [4.78, 5) is 82.3. The van der Waals surface area contributed by atoms with Gasteiger partial charge >= 0.3 is 23.3 Å². The number of hydrogen-bond acceptors (Lipinski definition) is 14. The smallest absolute Gasteiger partial charge is 0.343 e. The van der Waals surface area contributed by atoms with E-state index in [-0.39, 0.29) is 56.2 Å². The molecule has 0 spiro atoms. The molecule has 1 N–H and O–H groups in total. The zero-order valence-electron chi connectivity index (χ0n) is 32.5. The average Bonchev–Trinajstić information content (AvgIpc) is 3.22. The predicted octanol–water partition coefficient (Wildman–Crippen LogP) is 4.74. The molecule has 4 aromatic heterocycles. The maximum absolute atomic E-state index is 14.6. The van der Waals surface area contributed by atoms with Crippen molar-refractivity contribution < 1.29 is 46.8 Å². The number of methoxy groups -OCH3 is 2. The minimum Gasteiger partial charge on any atom is -0.466 e. The summed E-state index contributed by atoms with van der Waals surface area (Å²) in [5.41, 5.74) is -2.96. The Morgan fingerprint density at radius 1 is 0.689 bits per heavy atom. The number of aryl methyl sites for hydroxylation is 2. The van der Waals surface area contributed by atoms with E-state index >= 15 is 0 Å². The molecule has 0 bridgehead atoms. The molecule has 0 radical (unpaired) electrons. The summed E-state index contributed by atoms with van der Waals surface area (Å²) in [5.74, 6) is -3.17. The Morgan fingerprint density at radius 2 is 1.15 bits per heavy atom. The van der Waals surface area contributed by atoms with Crippen molar-refractivity contribution in [3.8, 4) is 46.1 Å². The van der Waals surface area contributed by atoms with Gasteiger partial charge in [0.15, 0.2) is 24.7 Å². The highest BCUT2D eigenvalue weighted by molar-refractivity contribution is 6.32. The van der Waals surface area contributed by atoms with E-state index in [1.165, 1.54) is 69.4 Å². The van der Waals surface area contributed by atoms with Crippen molar-refractivity contribution in [1.29, 1.82) is 0 Å². The SMILES string of the molecule is COC(=O)COc1ncccc1Oc1cc(-n2c(=O)cc(C)[nH]c2=O)c(F)cc1Cl.COC(=O)COc1ncccc1Oc1cc(-n2c(=O)cc(C)n(C)c2=O)c(F)cc1Cl. The summed E-state index contributed by atoms with van der Waals surface area (Å²) in [6.45, 7) is 2.28. The number of carbonyl (C=O) groups is 2. The van der Waals surface area contributed by atoms with Crippen LogP contribution in [0.2, 0.25) is 10.0 Å². The third kappa shape index (κ3) is 10.7. The molecule has 2 aromatic carbocycles. The molecule has 318 valence electrons. The van der Waals surface area contributed by atoms with Gasteiger partial charge in [0.2, 0.25) is 0 Å². The molecule has 61 heavy (non-hydrogen) atoms. The van der Waals surface area contributed by atoms with Gasteiger partial charge < -0.3 is 38.0 Å². The second-order valence-corrected chi connectivity index (χ2v) is 13.1. The van der Waals surface area contributed by atoms with Crippen LogP contribution >= 0.6 is 23.2 Å². The standard InChI is InChI=1S/C20H17ClFN3O6.C19H15ClFN3O6/c1-11-7-17(26)25(20(28)24(11)2)14-9-16(12(21)8-13(14)22)31-15-5-4-6-23-19(15)30-10-18(27)29-3;1-10-6-16(25)24(19(27)23-10)13-8-15(11(20)7-12(13)21)30-14-4-3-5-22-18(14)29-9-17(26)28-2/h4-9H,10H2,1-3H3;3-8H,9H2,1-2H3,(H,23,27). The molecule has 4 heterocycles. The molecule has 0 unspecified atom stereocenters. The maximum atomic E-state index is 14.6. The van der Waals surface area contributed by atoms with E-state index in [9.17, 15) is 37.5 Å². The number of H-pyrrole nitrogens is 1. The fourth-order valence-corrected chi connectivity index (χ4v) is 5.44. The lowest BCUT2D eigenvalue weighted by Crippen LogP contribution is -2.38. The number of rotatable bonds is 12. The molecular formula is C39H32Cl2F2N6O12. The zero-order chi connectivity index (χ0) is 44.5. The Labute approximate surface area is 352 Å². The van der Waals surface area contributed by atoms with Crippen LogP contribution in [0.1, 0.15) is 11.4 Å². The van der Waals surface area contributed by atoms with Crippen molar-refractivity contribution in [3.05, 3.63) is 148 Å². The lowest BCUT2D eigenvalue weighted by atomic mass is 10.2. The van der Waals surface area contributed by atoms with Crippen LogP contribution in [0.4, 0.5) is 8.78 Å². The van der Waals surface area contributed by atoms with Crippen LogP contribution in [0.3, 0.4) is 0 Å². The molecule has 0 fully saturated rings. The van der Waals surface area contributed by atoms with E-state index in [0.717, 1.165) is 30.3 Å². The van der Waals surface area contributed by atoms with Gasteiger partial charge in [0.05, 0.1) is 35.6 Å². The molecule has 0 saturated heterocycles. The number of halogens is 4. The zero-order valence-corrected chi connectivity index (χ0v) is 34.0. The van der Waals surface area contributed by atoms with Crippen molar-refractivity contribution >= 4 is 35.1 Å². The number of aromatic amines is 1. The quantitative estimate of drug-likeness (QED) is 0.165. The van der Waals surface area contributed by atoms with Crippen LogP contribution in [0.15, 0.2) is 92.2 Å². The van der Waals surface area contributed by atoms with Gasteiger partial charge in [-0.25, -0.2) is 47.1 Å². The lowest BCUT2D eigenvalue weighted by molar-refractivity contribution is -0.143. The maximum Gasteiger partial charge on any atom is 0.343 e. The number of nitrogens with zero attached hydrogens (tertiary/aromatic N) is 5. The Hall–Kier alpha value is -7.32.